The highest BCUT2D eigenvalue weighted by atomic mass is 16.4. The maximum Gasteiger partial charge on any atom is 0.335 e. The van der Waals surface area contributed by atoms with Gasteiger partial charge in [-0.05, 0) is 43.5 Å². The van der Waals surface area contributed by atoms with Gasteiger partial charge in [-0.3, -0.25) is 4.79 Å². The summed E-state index contributed by atoms with van der Waals surface area (Å²) in [5.74, 6) is -0.847. The van der Waals surface area contributed by atoms with E-state index in [1.165, 1.54) is 0 Å². The van der Waals surface area contributed by atoms with Gasteiger partial charge in [-0.1, -0.05) is 12.1 Å². The number of hydrogen-bond acceptors (Lipinski definition) is 3. The van der Waals surface area contributed by atoms with Crippen LogP contribution in [0, 0.1) is 0 Å². The fraction of sp³-hybridized carbons (Fsp3) is 0.467. The van der Waals surface area contributed by atoms with Gasteiger partial charge in [0.1, 0.15) is 0 Å². The summed E-state index contributed by atoms with van der Waals surface area (Å²) in [5.41, 5.74) is 1.30. The average molecular weight is 276 g/mol. The number of aromatic carboxylic acids is 1. The van der Waals surface area contributed by atoms with E-state index in [2.05, 4.69) is 10.6 Å². The molecule has 1 saturated heterocycles. The van der Waals surface area contributed by atoms with Crippen molar-refractivity contribution in [3.05, 3.63) is 35.4 Å². The molecule has 108 valence electrons. The van der Waals surface area contributed by atoms with E-state index < -0.39 is 5.97 Å². The molecule has 1 aromatic carbocycles. The van der Waals surface area contributed by atoms with E-state index in [9.17, 15) is 9.59 Å². The number of rotatable bonds is 6. The second kappa shape index (κ2) is 7.05. The Labute approximate surface area is 118 Å². The third-order valence-corrected chi connectivity index (χ3v) is 3.53. The van der Waals surface area contributed by atoms with Crippen molar-refractivity contribution in [2.24, 2.45) is 0 Å². The smallest absolute Gasteiger partial charge is 0.335 e. The van der Waals surface area contributed by atoms with Gasteiger partial charge < -0.3 is 15.7 Å². The highest BCUT2D eigenvalue weighted by molar-refractivity contribution is 5.87. The Balaban J connectivity index is 1.69. The molecule has 3 N–H and O–H groups in total. The standard InChI is InChI=1S/C15H20N2O3/c18-14(10-13-2-1-8-16-13)17-9-7-11-3-5-12(6-4-11)15(19)20/h3-6,13,16H,1-2,7-10H2,(H,17,18)(H,19,20). The normalized spacial score (nSPS) is 17.9. The highest BCUT2D eigenvalue weighted by Gasteiger charge is 2.17. The molecule has 20 heavy (non-hydrogen) atoms. The average Bonchev–Trinajstić information content (AvgIpc) is 2.92. The van der Waals surface area contributed by atoms with Crippen LogP contribution in [0.15, 0.2) is 24.3 Å². The van der Waals surface area contributed by atoms with Crippen LogP contribution in [0.5, 0.6) is 0 Å². The van der Waals surface area contributed by atoms with E-state index in [1.807, 2.05) is 0 Å². The number of carboxylic acids is 1. The van der Waals surface area contributed by atoms with E-state index in [0.29, 0.717) is 25.4 Å². The Bertz CT molecular complexity index is 465. The lowest BCUT2D eigenvalue weighted by molar-refractivity contribution is -0.121. The van der Waals surface area contributed by atoms with Crippen molar-refractivity contribution in [1.29, 1.82) is 0 Å². The minimum Gasteiger partial charge on any atom is -0.478 e. The van der Waals surface area contributed by atoms with Gasteiger partial charge in [0.15, 0.2) is 0 Å². The molecule has 5 heteroatoms. The van der Waals surface area contributed by atoms with Gasteiger partial charge in [-0.25, -0.2) is 4.79 Å². The van der Waals surface area contributed by atoms with Crippen molar-refractivity contribution in [3.63, 3.8) is 0 Å². The Morgan fingerprint density at radius 1 is 1.30 bits per heavy atom. The van der Waals surface area contributed by atoms with Gasteiger partial charge in [0, 0.05) is 19.0 Å². The molecule has 1 unspecified atom stereocenters. The van der Waals surface area contributed by atoms with Crippen molar-refractivity contribution in [3.8, 4) is 0 Å². The highest BCUT2D eigenvalue weighted by Crippen LogP contribution is 2.08. The molecular weight excluding hydrogens is 256 g/mol. The third kappa shape index (κ3) is 4.35. The topological polar surface area (TPSA) is 78.4 Å². The second-order valence-electron chi connectivity index (χ2n) is 5.10. The summed E-state index contributed by atoms with van der Waals surface area (Å²) >= 11 is 0. The molecule has 1 heterocycles. The Morgan fingerprint density at radius 2 is 2.05 bits per heavy atom. The van der Waals surface area contributed by atoms with Crippen LogP contribution >= 0.6 is 0 Å². The largest absolute Gasteiger partial charge is 0.478 e. The summed E-state index contributed by atoms with van der Waals surface area (Å²) in [6.07, 6.45) is 3.47. The first-order valence-corrected chi connectivity index (χ1v) is 6.97. The van der Waals surface area contributed by atoms with Gasteiger partial charge in [-0.2, -0.15) is 0 Å². The monoisotopic (exact) mass is 276 g/mol. The molecule has 0 aliphatic carbocycles. The van der Waals surface area contributed by atoms with Gasteiger partial charge in [-0.15, -0.1) is 0 Å². The zero-order valence-electron chi connectivity index (χ0n) is 11.4. The van der Waals surface area contributed by atoms with Crippen molar-refractivity contribution >= 4 is 11.9 Å². The summed E-state index contributed by atoms with van der Waals surface area (Å²) < 4.78 is 0. The number of amides is 1. The number of benzene rings is 1. The third-order valence-electron chi connectivity index (χ3n) is 3.53. The predicted octanol–water partition coefficient (Wildman–Crippen LogP) is 1.19. The van der Waals surface area contributed by atoms with Crippen LogP contribution in [0.1, 0.15) is 35.2 Å². The van der Waals surface area contributed by atoms with Crippen LogP contribution in [0.4, 0.5) is 0 Å². The summed E-state index contributed by atoms with van der Waals surface area (Å²) in [4.78, 5) is 22.4. The van der Waals surface area contributed by atoms with Crippen LogP contribution in [0.25, 0.3) is 0 Å². The lowest BCUT2D eigenvalue weighted by Gasteiger charge is -2.10. The van der Waals surface area contributed by atoms with E-state index in [-0.39, 0.29) is 11.5 Å². The maximum absolute atomic E-state index is 11.7. The van der Waals surface area contributed by atoms with E-state index in [1.54, 1.807) is 24.3 Å². The van der Waals surface area contributed by atoms with Gasteiger partial charge >= 0.3 is 5.97 Å². The van der Waals surface area contributed by atoms with Crippen LogP contribution in [0.2, 0.25) is 0 Å². The predicted molar refractivity (Wildman–Crippen MR) is 75.8 cm³/mol. The van der Waals surface area contributed by atoms with Crippen LogP contribution < -0.4 is 10.6 Å². The molecule has 1 aliphatic rings. The van der Waals surface area contributed by atoms with Crippen molar-refractivity contribution in [2.75, 3.05) is 13.1 Å². The first-order chi connectivity index (χ1) is 9.65. The first kappa shape index (κ1) is 14.5. The quantitative estimate of drug-likeness (QED) is 0.729. The minimum atomic E-state index is -0.922. The number of carbonyl (C=O) groups is 2. The molecular formula is C15H20N2O3. The Morgan fingerprint density at radius 3 is 2.65 bits per heavy atom. The SMILES string of the molecule is O=C(CC1CCCN1)NCCc1ccc(C(=O)O)cc1. The lowest BCUT2D eigenvalue weighted by atomic mass is 10.1. The Kier molecular flexibility index (Phi) is 5.12. The van der Waals surface area contributed by atoms with Crippen LogP contribution in [-0.4, -0.2) is 36.1 Å². The Hall–Kier alpha value is -1.88. The van der Waals surface area contributed by atoms with E-state index in [0.717, 1.165) is 24.9 Å². The van der Waals surface area contributed by atoms with Crippen LogP contribution in [0.3, 0.4) is 0 Å². The molecule has 1 atom stereocenters. The van der Waals surface area contributed by atoms with Crippen molar-refractivity contribution in [1.82, 2.24) is 10.6 Å². The molecule has 2 rings (SSSR count). The number of carboxylic acid groups (broad SMARTS) is 1. The molecule has 0 saturated carbocycles. The summed E-state index contributed by atoms with van der Waals surface area (Å²) in [6, 6.07) is 7.07. The zero-order valence-corrected chi connectivity index (χ0v) is 11.4. The fourth-order valence-electron chi connectivity index (χ4n) is 2.39. The number of hydrogen-bond donors (Lipinski definition) is 3. The lowest BCUT2D eigenvalue weighted by Crippen LogP contribution is -2.32. The molecule has 0 aromatic heterocycles. The molecule has 5 nitrogen and oxygen atoms in total. The first-order valence-electron chi connectivity index (χ1n) is 6.97. The van der Waals surface area contributed by atoms with Crippen molar-refractivity contribution in [2.45, 2.75) is 31.7 Å². The van der Waals surface area contributed by atoms with E-state index in [4.69, 9.17) is 5.11 Å². The summed E-state index contributed by atoms with van der Waals surface area (Å²) in [7, 11) is 0. The van der Waals surface area contributed by atoms with Gasteiger partial charge in [0.05, 0.1) is 5.56 Å². The number of nitrogens with one attached hydrogen (secondary N) is 2. The van der Waals surface area contributed by atoms with Crippen molar-refractivity contribution < 1.29 is 14.7 Å². The summed E-state index contributed by atoms with van der Waals surface area (Å²) in [5, 5.41) is 15.0. The number of carbonyl (C=O) groups excluding carboxylic acids is 1. The molecule has 0 bridgehead atoms. The molecule has 1 aliphatic heterocycles. The van der Waals surface area contributed by atoms with Gasteiger partial charge in [0.2, 0.25) is 5.91 Å². The van der Waals surface area contributed by atoms with Gasteiger partial charge in [0.25, 0.3) is 0 Å². The molecule has 1 aromatic rings. The molecule has 0 spiro atoms. The fourth-order valence-corrected chi connectivity index (χ4v) is 2.39. The molecule has 0 radical (unpaired) electrons. The van der Waals surface area contributed by atoms with Crippen LogP contribution in [-0.2, 0) is 11.2 Å². The maximum atomic E-state index is 11.7. The summed E-state index contributed by atoms with van der Waals surface area (Å²) in [6.45, 7) is 1.59. The second-order valence-corrected chi connectivity index (χ2v) is 5.10. The van der Waals surface area contributed by atoms with E-state index >= 15 is 0 Å². The minimum absolute atomic E-state index is 0.0755. The molecule has 1 amide bonds. The zero-order chi connectivity index (χ0) is 14.4. The molecule has 1 fully saturated rings.